The van der Waals surface area contributed by atoms with Gasteiger partial charge < -0.3 is 10.6 Å². The topological polar surface area (TPSA) is 58.2 Å². The third kappa shape index (κ3) is 5.55. The molecule has 0 bridgehead atoms. The monoisotopic (exact) mass is 262 g/mol. The van der Waals surface area contributed by atoms with Crippen LogP contribution in [0.25, 0.3) is 0 Å². The largest absolute Gasteiger partial charge is 0.355 e. The number of benzene rings is 1. The van der Waals surface area contributed by atoms with Crippen LogP contribution in [-0.4, -0.2) is 24.9 Å². The molecule has 0 unspecified atom stereocenters. The van der Waals surface area contributed by atoms with E-state index in [0.717, 1.165) is 18.4 Å². The number of hydrogen-bond donors (Lipinski definition) is 2. The highest BCUT2D eigenvalue weighted by atomic mass is 16.2. The summed E-state index contributed by atoms with van der Waals surface area (Å²) in [7, 11) is 0. The van der Waals surface area contributed by atoms with Crippen molar-refractivity contribution in [2.75, 3.05) is 13.1 Å². The summed E-state index contributed by atoms with van der Waals surface area (Å²) in [4.78, 5) is 22.9. The van der Waals surface area contributed by atoms with E-state index < -0.39 is 0 Å². The molecular weight excluding hydrogens is 240 g/mol. The Morgan fingerprint density at radius 3 is 2.32 bits per heavy atom. The molecule has 1 atom stereocenters. The zero-order valence-electron chi connectivity index (χ0n) is 11.6. The third-order valence-corrected chi connectivity index (χ3v) is 2.89. The van der Waals surface area contributed by atoms with Crippen LogP contribution in [0.5, 0.6) is 0 Å². The first-order chi connectivity index (χ1) is 9.15. The van der Waals surface area contributed by atoms with E-state index in [-0.39, 0.29) is 17.7 Å². The Kier molecular flexibility index (Phi) is 6.64. The summed E-state index contributed by atoms with van der Waals surface area (Å²) in [6.45, 7) is 4.46. The Morgan fingerprint density at radius 2 is 1.74 bits per heavy atom. The van der Waals surface area contributed by atoms with Gasteiger partial charge in [-0.25, -0.2) is 0 Å². The van der Waals surface area contributed by atoms with E-state index in [9.17, 15) is 9.59 Å². The van der Waals surface area contributed by atoms with Crippen LogP contribution in [0.3, 0.4) is 0 Å². The van der Waals surface area contributed by atoms with Crippen molar-refractivity contribution >= 4 is 11.8 Å². The van der Waals surface area contributed by atoms with Crippen LogP contribution in [0.2, 0.25) is 0 Å². The minimum atomic E-state index is -0.108. The Balaban J connectivity index is 2.52. The number of amides is 2. The Bertz CT molecular complexity index is 404. The van der Waals surface area contributed by atoms with Gasteiger partial charge in [-0.2, -0.15) is 0 Å². The van der Waals surface area contributed by atoms with Crippen molar-refractivity contribution in [3.8, 4) is 0 Å². The molecule has 0 spiro atoms. The molecule has 1 aromatic rings. The van der Waals surface area contributed by atoms with Crippen LogP contribution in [0.1, 0.15) is 38.2 Å². The zero-order valence-corrected chi connectivity index (χ0v) is 11.6. The molecule has 1 aromatic carbocycles. The lowest BCUT2D eigenvalue weighted by molar-refractivity contribution is -0.123. The summed E-state index contributed by atoms with van der Waals surface area (Å²) in [5.74, 6) is -0.163. The van der Waals surface area contributed by atoms with Gasteiger partial charge in [0.05, 0.1) is 5.92 Å². The molecule has 0 fully saturated rings. The van der Waals surface area contributed by atoms with Gasteiger partial charge in [-0.3, -0.25) is 9.59 Å². The van der Waals surface area contributed by atoms with Crippen LogP contribution in [0.15, 0.2) is 30.3 Å². The summed E-state index contributed by atoms with van der Waals surface area (Å²) in [6.07, 6.45) is 1.79. The van der Waals surface area contributed by atoms with Crippen molar-refractivity contribution in [2.45, 2.75) is 32.6 Å². The quantitative estimate of drug-likeness (QED) is 0.736. The fourth-order valence-corrected chi connectivity index (χ4v) is 1.97. The molecule has 2 N–H and O–H groups in total. The van der Waals surface area contributed by atoms with Gasteiger partial charge in [0.1, 0.15) is 0 Å². The van der Waals surface area contributed by atoms with Gasteiger partial charge in [0, 0.05) is 20.0 Å². The van der Waals surface area contributed by atoms with Gasteiger partial charge in [-0.1, -0.05) is 43.7 Å². The van der Waals surface area contributed by atoms with Crippen LogP contribution >= 0.6 is 0 Å². The highest BCUT2D eigenvalue weighted by molar-refractivity contribution is 5.83. The molecule has 19 heavy (non-hydrogen) atoms. The first-order valence-corrected chi connectivity index (χ1v) is 6.72. The van der Waals surface area contributed by atoms with Crippen LogP contribution < -0.4 is 10.6 Å². The molecule has 2 amide bonds. The fraction of sp³-hybridized carbons (Fsp3) is 0.467. The summed E-state index contributed by atoms with van der Waals surface area (Å²) < 4.78 is 0. The van der Waals surface area contributed by atoms with Gasteiger partial charge in [0.25, 0.3) is 0 Å². The molecule has 0 aromatic heterocycles. The molecule has 1 rings (SSSR count). The Labute approximate surface area is 114 Å². The average molecular weight is 262 g/mol. The molecule has 0 aliphatic rings. The first kappa shape index (κ1) is 15.2. The molecule has 0 radical (unpaired) electrons. The number of carbonyl (C=O) groups is 2. The van der Waals surface area contributed by atoms with Gasteiger partial charge >= 0.3 is 0 Å². The highest BCUT2D eigenvalue weighted by Gasteiger charge is 2.18. The standard InChI is InChI=1S/C15H22N2O2/c1-3-7-14(13-8-5-4-6-9-13)15(19)17-11-10-16-12(2)18/h4-6,8-9,14H,3,7,10-11H2,1-2H3,(H,16,18)(H,17,19)/t14-/m1/s1. The second kappa shape index (κ2) is 8.29. The number of hydrogen-bond acceptors (Lipinski definition) is 2. The smallest absolute Gasteiger partial charge is 0.227 e. The van der Waals surface area contributed by atoms with Gasteiger partial charge in [0.15, 0.2) is 0 Å². The van der Waals surface area contributed by atoms with Crippen molar-refractivity contribution in [1.29, 1.82) is 0 Å². The predicted octanol–water partition coefficient (Wildman–Crippen LogP) is 1.82. The van der Waals surface area contributed by atoms with E-state index in [1.807, 2.05) is 30.3 Å². The lowest BCUT2D eigenvalue weighted by Crippen LogP contribution is -2.36. The van der Waals surface area contributed by atoms with Gasteiger partial charge in [0.2, 0.25) is 11.8 Å². The Hall–Kier alpha value is -1.84. The predicted molar refractivity (Wildman–Crippen MR) is 75.8 cm³/mol. The van der Waals surface area contributed by atoms with Crippen molar-refractivity contribution in [1.82, 2.24) is 10.6 Å². The molecule has 0 aliphatic heterocycles. The van der Waals surface area contributed by atoms with Gasteiger partial charge in [-0.15, -0.1) is 0 Å². The first-order valence-electron chi connectivity index (χ1n) is 6.72. The molecule has 0 saturated heterocycles. The lowest BCUT2D eigenvalue weighted by Gasteiger charge is -2.16. The Morgan fingerprint density at radius 1 is 1.11 bits per heavy atom. The van der Waals surface area contributed by atoms with E-state index in [0.29, 0.717) is 13.1 Å². The summed E-state index contributed by atoms with van der Waals surface area (Å²) >= 11 is 0. The van der Waals surface area contributed by atoms with Crippen LogP contribution in [0, 0.1) is 0 Å². The summed E-state index contributed by atoms with van der Waals surface area (Å²) in [5.41, 5.74) is 1.04. The molecular formula is C15H22N2O2. The maximum Gasteiger partial charge on any atom is 0.227 e. The summed E-state index contributed by atoms with van der Waals surface area (Å²) in [6, 6.07) is 9.80. The van der Waals surface area contributed by atoms with Crippen LogP contribution in [0.4, 0.5) is 0 Å². The normalized spacial score (nSPS) is 11.7. The number of nitrogens with one attached hydrogen (secondary N) is 2. The zero-order chi connectivity index (χ0) is 14.1. The minimum absolute atomic E-state index is 0.0263. The third-order valence-electron chi connectivity index (χ3n) is 2.89. The highest BCUT2D eigenvalue weighted by Crippen LogP contribution is 2.21. The average Bonchev–Trinajstić information content (AvgIpc) is 2.41. The number of rotatable bonds is 7. The van der Waals surface area contributed by atoms with E-state index in [2.05, 4.69) is 17.6 Å². The number of carbonyl (C=O) groups excluding carboxylic acids is 2. The van der Waals surface area contributed by atoms with E-state index in [1.54, 1.807) is 0 Å². The van der Waals surface area contributed by atoms with Crippen molar-refractivity contribution in [3.05, 3.63) is 35.9 Å². The second-order valence-electron chi connectivity index (χ2n) is 4.53. The van der Waals surface area contributed by atoms with Crippen molar-refractivity contribution in [3.63, 3.8) is 0 Å². The van der Waals surface area contributed by atoms with Crippen LogP contribution in [-0.2, 0) is 9.59 Å². The van der Waals surface area contributed by atoms with Crippen molar-refractivity contribution < 1.29 is 9.59 Å². The molecule has 0 aliphatic carbocycles. The van der Waals surface area contributed by atoms with Crippen molar-refractivity contribution in [2.24, 2.45) is 0 Å². The van der Waals surface area contributed by atoms with E-state index in [4.69, 9.17) is 0 Å². The van der Waals surface area contributed by atoms with Gasteiger partial charge in [-0.05, 0) is 12.0 Å². The maximum atomic E-state index is 12.2. The summed E-state index contributed by atoms with van der Waals surface area (Å²) in [5, 5.41) is 5.53. The lowest BCUT2D eigenvalue weighted by atomic mass is 9.94. The second-order valence-corrected chi connectivity index (χ2v) is 4.53. The molecule has 4 heteroatoms. The minimum Gasteiger partial charge on any atom is -0.355 e. The fourth-order valence-electron chi connectivity index (χ4n) is 1.97. The molecule has 0 saturated carbocycles. The molecule has 104 valence electrons. The maximum absolute atomic E-state index is 12.2. The SMILES string of the molecule is CCC[C@@H](C(=O)NCCNC(C)=O)c1ccccc1. The molecule has 4 nitrogen and oxygen atoms in total. The van der Waals surface area contributed by atoms with E-state index in [1.165, 1.54) is 6.92 Å². The van der Waals surface area contributed by atoms with E-state index >= 15 is 0 Å². The molecule has 0 heterocycles.